The third kappa shape index (κ3) is 1.81. The Hall–Kier alpha value is -2.37. The van der Waals surface area contributed by atoms with Crippen molar-refractivity contribution in [1.82, 2.24) is 20.1 Å². The monoisotopic (exact) mass is 243 g/mol. The zero-order valence-electron chi connectivity index (χ0n) is 9.97. The van der Waals surface area contributed by atoms with Gasteiger partial charge in [0.25, 0.3) is 0 Å². The van der Waals surface area contributed by atoms with Gasteiger partial charge < -0.3 is 14.8 Å². The summed E-state index contributed by atoms with van der Waals surface area (Å²) in [5, 5.41) is 8.16. The Kier molecular flexibility index (Phi) is 2.68. The van der Waals surface area contributed by atoms with Crippen molar-refractivity contribution in [2.45, 2.75) is 19.9 Å². The summed E-state index contributed by atoms with van der Waals surface area (Å²) < 4.78 is 4.79. The molecule has 0 saturated heterocycles. The first kappa shape index (κ1) is 10.8. The number of H-pyrrole nitrogens is 1. The maximum atomic E-state index is 4.79. The number of aryl methyl sites for hydroxylation is 1. The second kappa shape index (κ2) is 4.48. The smallest absolute Gasteiger partial charge is 0.143 e. The molecule has 3 aromatic heterocycles. The molecular weight excluding hydrogens is 230 g/mol. The summed E-state index contributed by atoms with van der Waals surface area (Å²) in [7, 11) is 0. The Morgan fingerprint density at radius 3 is 3.11 bits per heavy atom. The van der Waals surface area contributed by atoms with E-state index in [4.69, 9.17) is 4.52 Å². The molecule has 0 aliphatic heterocycles. The van der Waals surface area contributed by atoms with Crippen LogP contribution >= 0.6 is 0 Å². The van der Waals surface area contributed by atoms with Crippen molar-refractivity contribution >= 4 is 16.9 Å². The van der Waals surface area contributed by atoms with Gasteiger partial charge in [-0.25, -0.2) is 9.97 Å². The lowest BCUT2D eigenvalue weighted by molar-refractivity contribution is 0.412. The van der Waals surface area contributed by atoms with Gasteiger partial charge in [0.2, 0.25) is 0 Å². The van der Waals surface area contributed by atoms with Gasteiger partial charge in [-0.15, -0.1) is 0 Å². The Morgan fingerprint density at radius 2 is 2.33 bits per heavy atom. The molecule has 3 heterocycles. The molecule has 0 saturated carbocycles. The number of hydrogen-bond acceptors (Lipinski definition) is 5. The van der Waals surface area contributed by atoms with E-state index in [1.54, 1.807) is 12.6 Å². The van der Waals surface area contributed by atoms with E-state index in [1.807, 2.05) is 12.3 Å². The van der Waals surface area contributed by atoms with Crippen LogP contribution in [0.25, 0.3) is 11.0 Å². The van der Waals surface area contributed by atoms with Crippen LogP contribution in [0, 0.1) is 0 Å². The molecule has 0 aliphatic rings. The molecule has 2 N–H and O–H groups in total. The lowest BCUT2D eigenvalue weighted by Crippen LogP contribution is -2.03. The fourth-order valence-corrected chi connectivity index (χ4v) is 1.94. The van der Waals surface area contributed by atoms with Gasteiger partial charge in [0.05, 0.1) is 11.9 Å². The second-order valence-electron chi connectivity index (χ2n) is 3.96. The summed E-state index contributed by atoms with van der Waals surface area (Å²) in [6, 6.07) is 1.82. The maximum absolute atomic E-state index is 4.79. The second-order valence-corrected chi connectivity index (χ2v) is 3.96. The Bertz CT molecular complexity index is 644. The fraction of sp³-hybridized carbons (Fsp3) is 0.250. The average Bonchev–Trinajstić information content (AvgIpc) is 3.05. The summed E-state index contributed by atoms with van der Waals surface area (Å²) in [4.78, 5) is 11.6. The molecule has 0 aliphatic carbocycles. The third-order valence-electron chi connectivity index (χ3n) is 2.86. The molecule has 18 heavy (non-hydrogen) atoms. The highest BCUT2D eigenvalue weighted by molar-refractivity contribution is 5.90. The van der Waals surface area contributed by atoms with Crippen LogP contribution < -0.4 is 5.32 Å². The minimum absolute atomic E-state index is 0.580. The van der Waals surface area contributed by atoms with Crippen LogP contribution in [0.4, 0.5) is 5.82 Å². The number of hydrogen-bond donors (Lipinski definition) is 2. The largest absolute Gasteiger partial charge is 0.364 e. The van der Waals surface area contributed by atoms with E-state index in [2.05, 4.69) is 32.3 Å². The van der Waals surface area contributed by atoms with Crippen LogP contribution in [0.2, 0.25) is 0 Å². The molecule has 3 rings (SSSR count). The van der Waals surface area contributed by atoms with Crippen LogP contribution in [0.5, 0.6) is 0 Å². The molecule has 0 aromatic carbocycles. The summed E-state index contributed by atoms with van der Waals surface area (Å²) in [5.74, 6) is 0.820. The minimum atomic E-state index is 0.580. The molecular formula is C12H13N5O. The van der Waals surface area contributed by atoms with Gasteiger partial charge in [0.15, 0.2) is 0 Å². The number of rotatable bonds is 4. The van der Waals surface area contributed by atoms with E-state index in [9.17, 15) is 0 Å². The Morgan fingerprint density at radius 1 is 1.39 bits per heavy atom. The lowest BCUT2D eigenvalue weighted by atomic mass is 10.2. The van der Waals surface area contributed by atoms with E-state index in [1.165, 1.54) is 5.56 Å². The number of anilines is 1. The van der Waals surface area contributed by atoms with Crippen molar-refractivity contribution in [3.63, 3.8) is 0 Å². The molecule has 0 bridgehead atoms. The summed E-state index contributed by atoms with van der Waals surface area (Å²) >= 11 is 0. The number of aromatic nitrogens is 4. The van der Waals surface area contributed by atoms with Crippen molar-refractivity contribution < 1.29 is 4.52 Å². The zero-order chi connectivity index (χ0) is 12.4. The predicted octanol–water partition coefficient (Wildman–Crippen LogP) is 2.12. The fourth-order valence-electron chi connectivity index (χ4n) is 1.94. The van der Waals surface area contributed by atoms with E-state index in [-0.39, 0.29) is 0 Å². The van der Waals surface area contributed by atoms with Crippen molar-refractivity contribution in [3.05, 3.63) is 36.1 Å². The summed E-state index contributed by atoms with van der Waals surface area (Å²) in [6.07, 6.45) is 6.01. The summed E-state index contributed by atoms with van der Waals surface area (Å²) in [6.45, 7) is 2.69. The molecule has 0 amide bonds. The summed E-state index contributed by atoms with van der Waals surface area (Å²) in [5.41, 5.74) is 2.90. The van der Waals surface area contributed by atoms with Crippen LogP contribution in [0.15, 0.2) is 29.4 Å². The first-order chi connectivity index (χ1) is 8.88. The number of aromatic amines is 1. The van der Waals surface area contributed by atoms with Gasteiger partial charge >= 0.3 is 0 Å². The quantitative estimate of drug-likeness (QED) is 0.733. The van der Waals surface area contributed by atoms with Gasteiger partial charge in [-0.2, -0.15) is 0 Å². The topological polar surface area (TPSA) is 79.6 Å². The maximum Gasteiger partial charge on any atom is 0.143 e. The van der Waals surface area contributed by atoms with E-state index in [0.29, 0.717) is 6.54 Å². The SMILES string of the molecule is CCc1c[nH]c2ncnc(NCc3ccon3)c12. The van der Waals surface area contributed by atoms with Crippen LogP contribution in [-0.2, 0) is 13.0 Å². The van der Waals surface area contributed by atoms with Crippen LogP contribution in [-0.4, -0.2) is 20.1 Å². The highest BCUT2D eigenvalue weighted by Crippen LogP contribution is 2.23. The molecule has 0 fully saturated rings. The molecule has 3 aromatic rings. The third-order valence-corrected chi connectivity index (χ3v) is 2.86. The molecule has 92 valence electrons. The number of fused-ring (bicyclic) bond motifs is 1. The molecule has 0 spiro atoms. The molecule has 0 unspecified atom stereocenters. The number of nitrogens with one attached hydrogen (secondary N) is 2. The first-order valence-electron chi connectivity index (χ1n) is 5.82. The highest BCUT2D eigenvalue weighted by Gasteiger charge is 2.09. The van der Waals surface area contributed by atoms with Crippen LogP contribution in [0.3, 0.4) is 0 Å². The highest BCUT2D eigenvalue weighted by atomic mass is 16.5. The number of nitrogens with zero attached hydrogens (tertiary/aromatic N) is 3. The van der Waals surface area contributed by atoms with Crippen molar-refractivity contribution in [2.75, 3.05) is 5.32 Å². The van der Waals surface area contributed by atoms with Crippen molar-refractivity contribution in [1.29, 1.82) is 0 Å². The minimum Gasteiger partial charge on any atom is -0.364 e. The molecule has 0 atom stereocenters. The van der Waals surface area contributed by atoms with Gasteiger partial charge in [0, 0.05) is 12.3 Å². The van der Waals surface area contributed by atoms with E-state index >= 15 is 0 Å². The van der Waals surface area contributed by atoms with Crippen LogP contribution in [0.1, 0.15) is 18.2 Å². The average molecular weight is 243 g/mol. The van der Waals surface area contributed by atoms with Gasteiger partial charge in [-0.1, -0.05) is 12.1 Å². The Labute approximate surface area is 103 Å². The Balaban J connectivity index is 1.93. The normalized spacial score (nSPS) is 10.9. The lowest BCUT2D eigenvalue weighted by Gasteiger charge is -2.05. The molecule has 0 radical (unpaired) electrons. The van der Waals surface area contributed by atoms with E-state index in [0.717, 1.165) is 29.0 Å². The van der Waals surface area contributed by atoms with Crippen molar-refractivity contribution in [3.8, 4) is 0 Å². The van der Waals surface area contributed by atoms with Gasteiger partial charge in [-0.05, 0) is 12.0 Å². The predicted molar refractivity (Wildman–Crippen MR) is 67.1 cm³/mol. The first-order valence-corrected chi connectivity index (χ1v) is 5.82. The molecule has 6 nitrogen and oxygen atoms in total. The zero-order valence-corrected chi connectivity index (χ0v) is 9.97. The van der Waals surface area contributed by atoms with Crippen molar-refractivity contribution in [2.24, 2.45) is 0 Å². The molecule has 6 heteroatoms. The van der Waals surface area contributed by atoms with Gasteiger partial charge in [-0.3, -0.25) is 0 Å². The van der Waals surface area contributed by atoms with E-state index < -0.39 is 0 Å². The standard InChI is InChI=1S/C12H13N5O/c1-2-8-5-13-11-10(8)12(16-7-15-11)14-6-9-3-4-18-17-9/h3-5,7H,2,6H2,1H3,(H2,13,14,15,16). The van der Waals surface area contributed by atoms with Gasteiger partial charge in [0.1, 0.15) is 29.7 Å².